The fourth-order valence-electron chi connectivity index (χ4n) is 3.27. The molecular weight excluding hydrogens is 308 g/mol. The van der Waals surface area contributed by atoms with Gasteiger partial charge < -0.3 is 10.6 Å². The number of benzene rings is 2. The molecule has 1 atom stereocenters. The van der Waals surface area contributed by atoms with Crippen LogP contribution in [0.15, 0.2) is 60.7 Å². The van der Waals surface area contributed by atoms with E-state index in [1.54, 1.807) is 6.08 Å². The van der Waals surface area contributed by atoms with Gasteiger partial charge >= 0.3 is 0 Å². The molecule has 130 valence electrons. The molecule has 3 rings (SSSR count). The van der Waals surface area contributed by atoms with E-state index in [0.717, 1.165) is 30.6 Å². The third kappa shape index (κ3) is 5.57. The number of piperidine rings is 1. The SMILES string of the molecule is O=C(/C=C/c1ccccc1)Nc1ccccc1CC[C@@H]1CCCCN1. The summed E-state index contributed by atoms with van der Waals surface area (Å²) < 4.78 is 0. The molecule has 0 bridgehead atoms. The molecule has 2 N–H and O–H groups in total. The quantitative estimate of drug-likeness (QED) is 0.768. The largest absolute Gasteiger partial charge is 0.322 e. The zero-order chi connectivity index (χ0) is 17.3. The van der Waals surface area contributed by atoms with Crippen LogP contribution in [0, 0.1) is 0 Å². The van der Waals surface area contributed by atoms with Crippen LogP contribution in [-0.4, -0.2) is 18.5 Å². The first-order chi connectivity index (χ1) is 12.3. The van der Waals surface area contributed by atoms with Gasteiger partial charge in [-0.3, -0.25) is 4.79 Å². The fourth-order valence-corrected chi connectivity index (χ4v) is 3.27. The van der Waals surface area contributed by atoms with Crippen LogP contribution in [0.3, 0.4) is 0 Å². The van der Waals surface area contributed by atoms with Gasteiger partial charge in [0.25, 0.3) is 0 Å². The summed E-state index contributed by atoms with van der Waals surface area (Å²) in [4.78, 5) is 12.2. The molecule has 3 nitrogen and oxygen atoms in total. The molecule has 1 saturated heterocycles. The summed E-state index contributed by atoms with van der Waals surface area (Å²) in [6.45, 7) is 1.13. The third-order valence-corrected chi connectivity index (χ3v) is 4.68. The summed E-state index contributed by atoms with van der Waals surface area (Å²) in [5.41, 5.74) is 3.15. The van der Waals surface area contributed by atoms with E-state index >= 15 is 0 Å². The second kappa shape index (κ2) is 9.19. The van der Waals surface area contributed by atoms with Gasteiger partial charge in [0.2, 0.25) is 5.91 Å². The van der Waals surface area contributed by atoms with Crippen molar-refractivity contribution in [2.24, 2.45) is 0 Å². The molecule has 0 saturated carbocycles. The van der Waals surface area contributed by atoms with Gasteiger partial charge in [-0.2, -0.15) is 0 Å². The Morgan fingerprint density at radius 1 is 1.08 bits per heavy atom. The van der Waals surface area contributed by atoms with Crippen molar-refractivity contribution < 1.29 is 4.79 Å². The number of amides is 1. The monoisotopic (exact) mass is 334 g/mol. The van der Waals surface area contributed by atoms with Gasteiger partial charge in [0.1, 0.15) is 0 Å². The van der Waals surface area contributed by atoms with Crippen LogP contribution in [-0.2, 0) is 11.2 Å². The number of hydrogen-bond donors (Lipinski definition) is 2. The van der Waals surface area contributed by atoms with Crippen molar-refractivity contribution in [1.29, 1.82) is 0 Å². The maximum Gasteiger partial charge on any atom is 0.248 e. The Hall–Kier alpha value is -2.39. The highest BCUT2D eigenvalue weighted by atomic mass is 16.1. The van der Waals surface area contributed by atoms with Crippen LogP contribution >= 0.6 is 0 Å². The summed E-state index contributed by atoms with van der Waals surface area (Å²) in [5, 5.41) is 6.61. The summed E-state index contributed by atoms with van der Waals surface area (Å²) in [6, 6.07) is 18.6. The highest BCUT2D eigenvalue weighted by Crippen LogP contribution is 2.20. The molecule has 1 fully saturated rings. The number of aryl methyl sites for hydroxylation is 1. The van der Waals surface area contributed by atoms with Crippen molar-refractivity contribution in [1.82, 2.24) is 5.32 Å². The number of anilines is 1. The lowest BCUT2D eigenvalue weighted by Crippen LogP contribution is -2.34. The van der Waals surface area contributed by atoms with E-state index in [-0.39, 0.29) is 5.91 Å². The van der Waals surface area contributed by atoms with E-state index in [2.05, 4.69) is 16.7 Å². The van der Waals surface area contributed by atoms with E-state index in [4.69, 9.17) is 0 Å². The highest BCUT2D eigenvalue weighted by molar-refractivity contribution is 6.02. The maximum absolute atomic E-state index is 12.2. The van der Waals surface area contributed by atoms with Gasteiger partial charge in [0, 0.05) is 17.8 Å². The summed E-state index contributed by atoms with van der Waals surface area (Å²) in [5.74, 6) is -0.0907. The van der Waals surface area contributed by atoms with Crippen LogP contribution in [0.5, 0.6) is 0 Å². The Labute approximate surface area is 150 Å². The molecule has 25 heavy (non-hydrogen) atoms. The first kappa shape index (κ1) is 17.4. The fraction of sp³-hybridized carbons (Fsp3) is 0.318. The average Bonchev–Trinajstić information content (AvgIpc) is 2.67. The van der Waals surface area contributed by atoms with Crippen molar-refractivity contribution in [2.75, 3.05) is 11.9 Å². The standard InChI is InChI=1S/C22H26N2O/c25-22(16-13-18-8-2-1-3-9-18)24-21-12-5-4-10-19(21)14-15-20-11-6-7-17-23-20/h1-5,8-10,12-13,16,20,23H,6-7,11,14-15,17H2,(H,24,25)/b16-13+/t20-/m0/s1. The molecule has 0 aromatic heterocycles. The van der Waals surface area contributed by atoms with Crippen LogP contribution in [0.1, 0.15) is 36.8 Å². The van der Waals surface area contributed by atoms with Crippen molar-refractivity contribution >= 4 is 17.7 Å². The molecule has 1 aliphatic rings. The molecule has 0 unspecified atom stereocenters. The molecule has 0 radical (unpaired) electrons. The molecule has 1 aliphatic heterocycles. The molecule has 1 amide bonds. The van der Waals surface area contributed by atoms with Crippen LogP contribution in [0.4, 0.5) is 5.69 Å². The topological polar surface area (TPSA) is 41.1 Å². The lowest BCUT2D eigenvalue weighted by molar-refractivity contribution is -0.111. The number of nitrogens with one attached hydrogen (secondary N) is 2. The number of carbonyl (C=O) groups excluding carboxylic acids is 1. The van der Waals surface area contributed by atoms with E-state index in [1.807, 2.05) is 54.6 Å². The molecular formula is C22H26N2O. The molecule has 0 spiro atoms. The number of rotatable bonds is 6. The molecule has 0 aliphatic carbocycles. The Kier molecular flexibility index (Phi) is 6.41. The molecule has 2 aromatic carbocycles. The van der Waals surface area contributed by atoms with Gasteiger partial charge in [-0.25, -0.2) is 0 Å². The van der Waals surface area contributed by atoms with E-state index < -0.39 is 0 Å². The molecule has 3 heteroatoms. The van der Waals surface area contributed by atoms with Gasteiger partial charge in [0.05, 0.1) is 0 Å². The predicted octanol–water partition coefficient (Wildman–Crippen LogP) is 4.41. The van der Waals surface area contributed by atoms with Gasteiger partial charge in [-0.1, -0.05) is 55.0 Å². The number of carbonyl (C=O) groups is 1. The normalized spacial score (nSPS) is 17.5. The summed E-state index contributed by atoms with van der Waals surface area (Å²) >= 11 is 0. The Morgan fingerprint density at radius 3 is 2.68 bits per heavy atom. The van der Waals surface area contributed by atoms with Gasteiger partial charge in [-0.15, -0.1) is 0 Å². The maximum atomic E-state index is 12.2. The van der Waals surface area contributed by atoms with Crippen molar-refractivity contribution in [3.05, 3.63) is 71.8 Å². The first-order valence-corrected chi connectivity index (χ1v) is 9.17. The number of para-hydroxylation sites is 1. The minimum atomic E-state index is -0.0907. The van der Waals surface area contributed by atoms with Crippen molar-refractivity contribution in [2.45, 2.75) is 38.1 Å². The third-order valence-electron chi connectivity index (χ3n) is 4.68. The van der Waals surface area contributed by atoms with Crippen LogP contribution in [0.2, 0.25) is 0 Å². The smallest absolute Gasteiger partial charge is 0.248 e. The predicted molar refractivity (Wildman–Crippen MR) is 105 cm³/mol. The van der Waals surface area contributed by atoms with Crippen LogP contribution < -0.4 is 10.6 Å². The first-order valence-electron chi connectivity index (χ1n) is 9.17. The van der Waals surface area contributed by atoms with Crippen LogP contribution in [0.25, 0.3) is 6.08 Å². The van der Waals surface area contributed by atoms with Gasteiger partial charge in [-0.05, 0) is 55.5 Å². The zero-order valence-electron chi connectivity index (χ0n) is 14.6. The Bertz CT molecular complexity index is 703. The van der Waals surface area contributed by atoms with Gasteiger partial charge in [0.15, 0.2) is 0 Å². The van der Waals surface area contributed by atoms with Crippen molar-refractivity contribution in [3.63, 3.8) is 0 Å². The zero-order valence-corrected chi connectivity index (χ0v) is 14.6. The second-order valence-electron chi connectivity index (χ2n) is 6.58. The minimum Gasteiger partial charge on any atom is -0.322 e. The Morgan fingerprint density at radius 2 is 1.88 bits per heavy atom. The minimum absolute atomic E-state index is 0.0907. The average molecular weight is 334 g/mol. The summed E-state index contributed by atoms with van der Waals surface area (Å²) in [7, 11) is 0. The van der Waals surface area contributed by atoms with Crippen molar-refractivity contribution in [3.8, 4) is 0 Å². The van der Waals surface area contributed by atoms with E-state index in [0.29, 0.717) is 6.04 Å². The summed E-state index contributed by atoms with van der Waals surface area (Å²) in [6.07, 6.45) is 9.40. The number of hydrogen-bond acceptors (Lipinski definition) is 2. The molecule has 2 aromatic rings. The van der Waals surface area contributed by atoms with E-state index in [1.165, 1.54) is 24.8 Å². The lowest BCUT2D eigenvalue weighted by Gasteiger charge is -2.23. The second-order valence-corrected chi connectivity index (χ2v) is 6.58. The van der Waals surface area contributed by atoms with E-state index in [9.17, 15) is 4.79 Å². The lowest BCUT2D eigenvalue weighted by atomic mass is 9.97. The molecule has 1 heterocycles. The highest BCUT2D eigenvalue weighted by Gasteiger charge is 2.13. The Balaban J connectivity index is 1.58.